The molecular formula is C11H16F3NO2. The summed E-state index contributed by atoms with van der Waals surface area (Å²) in [5.74, 6) is 0. The molecule has 0 saturated carbocycles. The largest absolute Gasteiger partial charge is 0.450 e. The normalized spacial score (nSPS) is 20.0. The van der Waals surface area contributed by atoms with Crippen LogP contribution in [0.15, 0.2) is 11.6 Å². The molecule has 17 heavy (non-hydrogen) atoms. The number of allylic oxidation sites excluding steroid dienone is 1. The molecule has 0 aromatic carbocycles. The number of carbonyl (C=O) groups is 1. The minimum absolute atomic E-state index is 0.236. The van der Waals surface area contributed by atoms with Gasteiger partial charge in [-0.3, -0.25) is 0 Å². The predicted molar refractivity (Wildman–Crippen MR) is 56.6 cm³/mol. The van der Waals surface area contributed by atoms with Crippen molar-refractivity contribution in [1.82, 2.24) is 5.32 Å². The number of nitrogens with one attached hydrogen (secondary N) is 1. The van der Waals surface area contributed by atoms with E-state index in [9.17, 15) is 18.0 Å². The Morgan fingerprint density at radius 2 is 2.29 bits per heavy atom. The fraction of sp³-hybridized carbons (Fsp3) is 0.727. The molecular weight excluding hydrogens is 235 g/mol. The second-order valence-electron chi connectivity index (χ2n) is 3.92. The Hall–Kier alpha value is -1.20. The van der Waals surface area contributed by atoms with Crippen LogP contribution in [0.5, 0.6) is 0 Å². The maximum absolute atomic E-state index is 12.5. The number of halogens is 3. The zero-order valence-corrected chi connectivity index (χ0v) is 9.64. The summed E-state index contributed by atoms with van der Waals surface area (Å²) in [4.78, 5) is 11.2. The Morgan fingerprint density at radius 1 is 1.59 bits per heavy atom. The zero-order valence-electron chi connectivity index (χ0n) is 9.64. The number of hydrogen-bond donors (Lipinski definition) is 1. The number of alkyl halides is 3. The van der Waals surface area contributed by atoms with Gasteiger partial charge in [-0.1, -0.05) is 19.4 Å². The monoisotopic (exact) mass is 251 g/mol. The van der Waals surface area contributed by atoms with Crippen molar-refractivity contribution in [1.29, 1.82) is 0 Å². The minimum atomic E-state index is -4.38. The van der Waals surface area contributed by atoms with E-state index < -0.39 is 23.9 Å². The highest BCUT2D eigenvalue weighted by Gasteiger charge is 2.41. The third-order valence-electron chi connectivity index (χ3n) is 2.55. The molecule has 1 aliphatic carbocycles. The Balaban J connectivity index is 2.41. The lowest BCUT2D eigenvalue weighted by Crippen LogP contribution is -2.38. The summed E-state index contributed by atoms with van der Waals surface area (Å²) in [5, 5.41) is 2.24. The van der Waals surface area contributed by atoms with Gasteiger partial charge in [0.15, 0.2) is 0 Å². The molecule has 1 unspecified atom stereocenters. The minimum Gasteiger partial charge on any atom is -0.450 e. The van der Waals surface area contributed by atoms with Crippen molar-refractivity contribution < 1.29 is 22.7 Å². The standard InChI is InChI=1S/C11H16F3NO2/c1-2-3-7-17-10(16)15-9-6-4-5-8(9)11(12,13)14/h5,9H,2-4,6-7H2,1H3,(H,15,16). The Labute approximate surface area is 98.0 Å². The second-order valence-corrected chi connectivity index (χ2v) is 3.92. The molecule has 1 amide bonds. The fourth-order valence-electron chi connectivity index (χ4n) is 1.66. The van der Waals surface area contributed by atoms with Crippen LogP contribution in [0.4, 0.5) is 18.0 Å². The molecule has 6 heteroatoms. The highest BCUT2D eigenvalue weighted by molar-refractivity contribution is 5.68. The number of amides is 1. The van der Waals surface area contributed by atoms with E-state index in [1.54, 1.807) is 0 Å². The Morgan fingerprint density at radius 3 is 2.88 bits per heavy atom. The van der Waals surface area contributed by atoms with Gasteiger partial charge in [-0.05, 0) is 19.3 Å². The molecule has 1 rings (SSSR count). The van der Waals surface area contributed by atoms with Crippen LogP contribution >= 0.6 is 0 Å². The predicted octanol–water partition coefficient (Wildman–Crippen LogP) is 3.16. The first-order chi connectivity index (χ1) is 7.95. The molecule has 0 spiro atoms. The first kappa shape index (κ1) is 13.9. The quantitative estimate of drug-likeness (QED) is 0.615. The summed E-state index contributed by atoms with van der Waals surface area (Å²) in [7, 11) is 0. The van der Waals surface area contributed by atoms with Crippen LogP contribution in [0.3, 0.4) is 0 Å². The zero-order chi connectivity index (χ0) is 12.9. The number of rotatable bonds is 4. The summed E-state index contributed by atoms with van der Waals surface area (Å²) < 4.78 is 42.3. The van der Waals surface area contributed by atoms with Gasteiger partial charge in [0.05, 0.1) is 18.2 Å². The van der Waals surface area contributed by atoms with Crippen molar-refractivity contribution >= 4 is 6.09 Å². The highest BCUT2D eigenvalue weighted by Crippen LogP contribution is 2.34. The summed E-state index contributed by atoms with van der Waals surface area (Å²) in [6, 6.07) is -0.968. The van der Waals surface area contributed by atoms with Crippen LogP contribution < -0.4 is 5.32 Å². The molecule has 0 heterocycles. The molecule has 1 atom stereocenters. The van der Waals surface area contributed by atoms with Gasteiger partial charge in [0.2, 0.25) is 0 Å². The van der Waals surface area contributed by atoms with Crippen molar-refractivity contribution in [3.05, 3.63) is 11.6 Å². The van der Waals surface area contributed by atoms with E-state index in [2.05, 4.69) is 5.32 Å². The molecule has 98 valence electrons. The molecule has 1 aliphatic rings. The smallest absolute Gasteiger partial charge is 0.414 e. The maximum atomic E-state index is 12.5. The van der Waals surface area contributed by atoms with Gasteiger partial charge >= 0.3 is 12.3 Å². The molecule has 1 N–H and O–H groups in total. The highest BCUT2D eigenvalue weighted by atomic mass is 19.4. The molecule has 0 aliphatic heterocycles. The second kappa shape index (κ2) is 5.93. The summed E-state index contributed by atoms with van der Waals surface area (Å²) in [5.41, 5.74) is -0.676. The number of hydrogen-bond acceptors (Lipinski definition) is 2. The first-order valence-corrected chi connectivity index (χ1v) is 5.65. The number of unbranched alkanes of at least 4 members (excludes halogenated alkanes) is 1. The van der Waals surface area contributed by atoms with Crippen LogP contribution in [-0.2, 0) is 4.74 Å². The van der Waals surface area contributed by atoms with Crippen molar-refractivity contribution in [3.8, 4) is 0 Å². The van der Waals surface area contributed by atoms with E-state index >= 15 is 0 Å². The van der Waals surface area contributed by atoms with Gasteiger partial charge in [0, 0.05) is 0 Å². The molecule has 0 bridgehead atoms. The lowest BCUT2D eigenvalue weighted by atomic mass is 10.1. The average Bonchev–Trinajstić information content (AvgIpc) is 2.65. The van der Waals surface area contributed by atoms with Crippen LogP contribution in [0, 0.1) is 0 Å². The van der Waals surface area contributed by atoms with Crippen LogP contribution in [0.2, 0.25) is 0 Å². The summed E-state index contributed by atoms with van der Waals surface area (Å²) in [6.45, 7) is 2.17. The van der Waals surface area contributed by atoms with Crippen molar-refractivity contribution in [3.63, 3.8) is 0 Å². The van der Waals surface area contributed by atoms with Crippen molar-refractivity contribution in [2.75, 3.05) is 6.61 Å². The molecule has 0 fully saturated rings. The Kier molecular flexibility index (Phi) is 4.84. The van der Waals surface area contributed by atoms with E-state index in [1.807, 2.05) is 6.92 Å². The van der Waals surface area contributed by atoms with E-state index in [-0.39, 0.29) is 13.0 Å². The lowest BCUT2D eigenvalue weighted by Gasteiger charge is -2.18. The van der Waals surface area contributed by atoms with Crippen LogP contribution in [-0.4, -0.2) is 24.9 Å². The fourth-order valence-corrected chi connectivity index (χ4v) is 1.66. The first-order valence-electron chi connectivity index (χ1n) is 5.65. The van der Waals surface area contributed by atoms with Crippen LogP contribution in [0.1, 0.15) is 32.6 Å². The maximum Gasteiger partial charge on any atom is 0.414 e. The van der Waals surface area contributed by atoms with Gasteiger partial charge in [-0.25, -0.2) is 4.79 Å². The van der Waals surface area contributed by atoms with Gasteiger partial charge < -0.3 is 10.1 Å². The summed E-state index contributed by atoms with van der Waals surface area (Å²) >= 11 is 0. The van der Waals surface area contributed by atoms with E-state index in [0.717, 1.165) is 12.5 Å². The van der Waals surface area contributed by atoms with Gasteiger partial charge in [-0.2, -0.15) is 13.2 Å². The van der Waals surface area contributed by atoms with Crippen molar-refractivity contribution in [2.24, 2.45) is 0 Å². The molecule has 0 aromatic rings. The third-order valence-corrected chi connectivity index (χ3v) is 2.55. The van der Waals surface area contributed by atoms with Crippen LogP contribution in [0.25, 0.3) is 0 Å². The number of ether oxygens (including phenoxy) is 1. The van der Waals surface area contributed by atoms with E-state index in [4.69, 9.17) is 4.74 Å². The molecule has 0 aromatic heterocycles. The lowest BCUT2D eigenvalue weighted by molar-refractivity contribution is -0.0954. The Bertz CT molecular complexity index is 300. The topological polar surface area (TPSA) is 38.3 Å². The van der Waals surface area contributed by atoms with Gasteiger partial charge in [0.1, 0.15) is 0 Å². The van der Waals surface area contributed by atoms with Crippen molar-refractivity contribution in [2.45, 2.75) is 44.8 Å². The number of carbonyl (C=O) groups excluding carboxylic acids is 1. The van der Waals surface area contributed by atoms with Gasteiger partial charge in [-0.15, -0.1) is 0 Å². The molecule has 3 nitrogen and oxygen atoms in total. The molecule has 0 saturated heterocycles. The van der Waals surface area contributed by atoms with E-state index in [0.29, 0.717) is 12.8 Å². The SMILES string of the molecule is CCCCOC(=O)NC1CCC=C1C(F)(F)F. The van der Waals surface area contributed by atoms with E-state index in [1.165, 1.54) is 0 Å². The number of alkyl carbamates (subject to hydrolysis) is 1. The average molecular weight is 251 g/mol. The summed E-state index contributed by atoms with van der Waals surface area (Å²) in [6.07, 6.45) is -1.85. The third kappa shape index (κ3) is 4.28. The van der Waals surface area contributed by atoms with Gasteiger partial charge in [0.25, 0.3) is 0 Å². The molecule has 0 radical (unpaired) electrons.